The molecule has 0 amide bonds. The van der Waals surface area contributed by atoms with Gasteiger partial charge in [-0.25, -0.2) is 11.8 Å². The van der Waals surface area contributed by atoms with Crippen molar-refractivity contribution in [2.45, 2.75) is 58.4 Å². The molecule has 0 radical (unpaired) electrons. The monoisotopic (exact) mass is 544 g/mol. The van der Waals surface area contributed by atoms with Gasteiger partial charge in [0.05, 0.1) is 0 Å². The van der Waals surface area contributed by atoms with Crippen molar-refractivity contribution in [1.29, 1.82) is 0 Å². The fourth-order valence-corrected chi connectivity index (χ4v) is 3.13. The summed E-state index contributed by atoms with van der Waals surface area (Å²) < 4.78 is 0. The number of fused-ring (bicyclic) bond motifs is 1. The first-order chi connectivity index (χ1) is 11.9. The van der Waals surface area contributed by atoms with E-state index in [0.717, 1.165) is 0 Å². The summed E-state index contributed by atoms with van der Waals surface area (Å²) in [4.78, 5) is 0. The Hall–Kier alpha value is 0.424. The van der Waals surface area contributed by atoms with Crippen LogP contribution in [0.4, 0.5) is 0 Å². The van der Waals surface area contributed by atoms with Crippen LogP contribution in [0.25, 0.3) is 10.8 Å². The van der Waals surface area contributed by atoms with Crippen LogP contribution in [0.15, 0.2) is 60.3 Å². The van der Waals surface area contributed by atoms with Crippen LogP contribution in [-0.4, -0.2) is 21.6 Å². The minimum atomic E-state index is -1.00. The molecule has 0 N–H and O–H groups in total. The van der Waals surface area contributed by atoms with E-state index in [9.17, 15) is 0 Å². The zero-order valence-corrected chi connectivity index (χ0v) is 25.7. The van der Waals surface area contributed by atoms with Gasteiger partial charge in [0.25, 0.3) is 0 Å². The molecule has 0 aliphatic carbocycles. The second-order valence-corrected chi connectivity index (χ2v) is 29.0. The summed E-state index contributed by atoms with van der Waals surface area (Å²) in [5.74, 6) is 0. The quantitative estimate of drug-likeness (QED) is 0.310. The Balaban J connectivity index is -0.000000363. The summed E-state index contributed by atoms with van der Waals surface area (Å²) in [6, 6.07) is 15.9. The predicted molar refractivity (Wildman–Crippen MR) is 125 cm³/mol. The van der Waals surface area contributed by atoms with Crippen LogP contribution in [0.3, 0.4) is 0 Å². The number of rotatable bonds is 4. The van der Waals surface area contributed by atoms with Gasteiger partial charge in [-0.2, -0.15) is 23.6 Å². The van der Waals surface area contributed by atoms with Gasteiger partial charge >= 0.3 is 41.9 Å². The van der Waals surface area contributed by atoms with Crippen LogP contribution in [-0.2, 0) is 23.3 Å². The van der Waals surface area contributed by atoms with Crippen LogP contribution in [0.2, 0.25) is 58.4 Å². The maximum atomic E-state index is 3.26. The smallest absolute Gasteiger partial charge is 0.0809 e. The van der Waals surface area contributed by atoms with Crippen molar-refractivity contribution in [2.24, 2.45) is 0 Å². The molecule has 2 aromatic rings. The van der Waals surface area contributed by atoms with Crippen molar-refractivity contribution >= 4 is 32.4 Å². The van der Waals surface area contributed by atoms with Gasteiger partial charge in [-0.15, -0.1) is 29.7 Å². The first-order valence-electron chi connectivity index (χ1n) is 9.28. The third kappa shape index (κ3) is 22.7. The van der Waals surface area contributed by atoms with Gasteiger partial charge in [0.2, 0.25) is 0 Å². The molecule has 0 aliphatic heterocycles. The van der Waals surface area contributed by atoms with E-state index in [-0.39, 0.29) is 30.2 Å². The molecule has 0 atom stereocenters. The van der Waals surface area contributed by atoms with E-state index in [1.807, 2.05) is 0 Å². The minimum absolute atomic E-state index is 0. The van der Waals surface area contributed by atoms with Crippen LogP contribution in [0.1, 0.15) is 0 Å². The van der Waals surface area contributed by atoms with Gasteiger partial charge < -0.3 is 24.8 Å². The number of hydrogen-bond donors (Lipinski definition) is 0. The molecule has 0 bridgehead atoms. The van der Waals surface area contributed by atoms with Gasteiger partial charge in [-0.1, -0.05) is 51.4 Å². The van der Waals surface area contributed by atoms with Crippen LogP contribution in [0.5, 0.6) is 0 Å². The maximum absolute atomic E-state index is 3.26. The second kappa shape index (κ2) is 17.1. The molecule has 2 aromatic carbocycles. The Kier molecular flexibility index (Phi) is 20.2. The molecule has 2 rings (SSSR count). The Morgan fingerprint density at radius 1 is 1.00 bits per heavy atom. The third-order valence-electron chi connectivity index (χ3n) is 3.06. The van der Waals surface area contributed by atoms with Crippen molar-refractivity contribution in [1.82, 2.24) is 0 Å². The largest absolute Gasteiger partial charge is 1.00 e. The molecule has 0 spiro atoms. The standard InChI is InChI=1S/C11H23Si2.C9H7.C2H6Si.2ClH.Zr/c1-12(2,3)10-8-7-9-11-13(4,5)6;1-2-5-9-7-3-6-8(9)4-1;1-3-2;;;/h8-10H,11H2,1-6H3;1-7H;1-2H3;2*1H;/q2*-1;;;;+2/p-2. The Labute approximate surface area is 203 Å². The average molecular weight is 547 g/mol. The molecule has 0 heterocycles. The molecule has 28 heavy (non-hydrogen) atoms. The van der Waals surface area contributed by atoms with Gasteiger partial charge in [-0.3, -0.25) is 6.08 Å². The number of halogens is 2. The van der Waals surface area contributed by atoms with Gasteiger partial charge in [0, 0.05) is 8.07 Å². The topological polar surface area (TPSA) is 0 Å². The summed E-state index contributed by atoms with van der Waals surface area (Å²) >= 11 is 1.74. The second-order valence-electron chi connectivity index (χ2n) is 8.99. The average Bonchev–Trinajstić information content (AvgIpc) is 2.93. The minimum Gasteiger partial charge on any atom is -1.00 e. The van der Waals surface area contributed by atoms with Crippen LogP contribution in [0, 0.1) is 6.08 Å². The fourth-order valence-electron chi connectivity index (χ4n) is 1.80. The van der Waals surface area contributed by atoms with E-state index in [1.54, 1.807) is 23.3 Å². The Bertz CT molecular complexity index is 674. The number of hydrogen-bond acceptors (Lipinski definition) is 0. The van der Waals surface area contributed by atoms with E-state index >= 15 is 0 Å². The zero-order chi connectivity index (χ0) is 20.2. The molecule has 0 fully saturated rings. The molecule has 0 unspecified atom stereocenters. The molecular weight excluding hydrogens is 511 g/mol. The predicted octanol–water partition coefficient (Wildman–Crippen LogP) is 1.47. The maximum Gasteiger partial charge on any atom is -0.0809 e. The van der Waals surface area contributed by atoms with Crippen molar-refractivity contribution in [3.05, 3.63) is 66.4 Å². The van der Waals surface area contributed by atoms with E-state index in [4.69, 9.17) is 0 Å². The van der Waals surface area contributed by atoms with Crippen molar-refractivity contribution in [3.8, 4) is 0 Å². The first-order valence-corrected chi connectivity index (χ1v) is 22.8. The zero-order valence-electron chi connectivity index (χ0n) is 18.7. The van der Waals surface area contributed by atoms with Gasteiger partial charge in [-0.05, 0) is 8.07 Å². The van der Waals surface area contributed by atoms with Crippen molar-refractivity contribution < 1.29 is 48.1 Å². The number of benzene rings is 1. The number of allylic oxidation sites excluding steroid dienone is 3. The van der Waals surface area contributed by atoms with E-state index < -0.39 is 16.1 Å². The normalized spacial score (nSPS) is 11.1. The van der Waals surface area contributed by atoms with Gasteiger partial charge in [0.1, 0.15) is 0 Å². The van der Waals surface area contributed by atoms with Crippen LogP contribution < -0.4 is 24.8 Å². The van der Waals surface area contributed by atoms with E-state index in [1.165, 1.54) is 16.8 Å². The Morgan fingerprint density at radius 2 is 1.54 bits per heavy atom. The van der Waals surface area contributed by atoms with Crippen molar-refractivity contribution in [2.75, 3.05) is 0 Å². The van der Waals surface area contributed by atoms with E-state index in [2.05, 4.69) is 119 Å². The third-order valence-corrected chi connectivity index (χ3v) is 5.65. The summed E-state index contributed by atoms with van der Waals surface area (Å²) in [5.41, 5.74) is 2.54. The molecule has 0 aliphatic rings. The fraction of sp³-hybridized carbons (Fsp3) is 0.409. The first kappa shape index (κ1) is 33.1. The van der Waals surface area contributed by atoms with E-state index in [0.29, 0.717) is 0 Å². The van der Waals surface area contributed by atoms with Gasteiger partial charge in [0.15, 0.2) is 0 Å². The summed E-state index contributed by atoms with van der Waals surface area (Å²) in [6.07, 6.45) is 7.56. The molecular formula is C22H36Cl2Si3Zr-2. The summed E-state index contributed by atoms with van der Waals surface area (Å²) in [5, 5.41) is 2.66. The van der Waals surface area contributed by atoms with Crippen LogP contribution >= 0.6 is 0 Å². The van der Waals surface area contributed by atoms with Crippen molar-refractivity contribution in [3.63, 3.8) is 0 Å². The Morgan fingerprint density at radius 3 is 2.00 bits per heavy atom. The molecule has 0 nitrogen and oxygen atoms in total. The molecule has 6 heteroatoms. The summed E-state index contributed by atoms with van der Waals surface area (Å²) in [7, 11) is -1.90. The molecule has 156 valence electrons. The summed E-state index contributed by atoms with van der Waals surface area (Å²) in [6.45, 7) is 18.8. The SMILES string of the molecule is C[Si](C)(C)C=C[C-]=CC[Si](C)(C)C.C[Si](C)=[Zr+2].[Cl-].[Cl-].c1ccc2[cH-]ccc2c1. The molecule has 0 aromatic heterocycles. The molecule has 0 saturated heterocycles. The molecule has 0 saturated carbocycles.